The van der Waals surface area contributed by atoms with Crippen LogP contribution in [0, 0.1) is 0 Å². The van der Waals surface area contributed by atoms with Crippen LogP contribution in [0.4, 0.5) is 5.82 Å². The monoisotopic (exact) mass is 428 g/mol. The minimum Gasteiger partial charge on any atom is -0.361 e. The highest BCUT2D eigenvalue weighted by Crippen LogP contribution is 2.34. The molecule has 0 spiro atoms. The van der Waals surface area contributed by atoms with Crippen LogP contribution < -0.4 is 16.2 Å². The second-order valence-corrected chi connectivity index (χ2v) is 8.17. The Labute approximate surface area is 184 Å². The highest BCUT2D eigenvalue weighted by atomic mass is 16.2. The molecule has 8 heteroatoms. The third kappa shape index (κ3) is 3.75. The van der Waals surface area contributed by atoms with E-state index in [0.29, 0.717) is 19.5 Å². The number of pyridine rings is 1. The number of nitrogens with one attached hydrogen (secondary N) is 3. The van der Waals surface area contributed by atoms with Gasteiger partial charge in [0, 0.05) is 53.3 Å². The number of carbonyl (C=O) groups excluding carboxylic acids is 1. The van der Waals surface area contributed by atoms with Crippen LogP contribution in [0.25, 0.3) is 10.9 Å². The maximum absolute atomic E-state index is 13.2. The fourth-order valence-electron chi connectivity index (χ4n) is 4.28. The van der Waals surface area contributed by atoms with E-state index in [1.165, 1.54) is 0 Å². The molecule has 0 unspecified atom stereocenters. The largest absolute Gasteiger partial charge is 0.361 e. The second kappa shape index (κ2) is 8.30. The standard InChI is InChI=1S/C24H24N6O2/c1-15-9-20(23(31)28-13-18-10-17-12-25-8-7-19(17)29-18)30-21(15)14-27-22(24(30)32)26-11-16-5-3-2-4-6-16/h2-8,10,12,14-15,20,29H,9,11,13H2,1H3,(H,26,27)(H,28,31)/t15-,20-/m0/s1. The molecule has 0 fully saturated rings. The van der Waals surface area contributed by atoms with Gasteiger partial charge in [-0.15, -0.1) is 0 Å². The zero-order chi connectivity index (χ0) is 22.1. The maximum atomic E-state index is 13.2. The van der Waals surface area contributed by atoms with Gasteiger partial charge in [0.1, 0.15) is 6.04 Å². The predicted octanol–water partition coefficient (Wildman–Crippen LogP) is 3.10. The lowest BCUT2D eigenvalue weighted by atomic mass is 10.0. The molecule has 0 saturated carbocycles. The van der Waals surface area contributed by atoms with Crippen LogP contribution in [0.1, 0.15) is 42.3 Å². The molecule has 1 aliphatic heterocycles. The Morgan fingerprint density at radius 1 is 1.19 bits per heavy atom. The van der Waals surface area contributed by atoms with Crippen molar-refractivity contribution >= 4 is 22.6 Å². The molecular weight excluding hydrogens is 404 g/mol. The van der Waals surface area contributed by atoms with E-state index < -0.39 is 6.04 Å². The normalized spacial score (nSPS) is 17.3. The molecule has 5 rings (SSSR count). The van der Waals surface area contributed by atoms with Crippen LogP contribution in [0.15, 0.2) is 65.8 Å². The summed E-state index contributed by atoms with van der Waals surface area (Å²) in [6, 6.07) is 13.1. The van der Waals surface area contributed by atoms with E-state index in [2.05, 4.69) is 25.6 Å². The van der Waals surface area contributed by atoms with Crippen molar-refractivity contribution in [2.75, 3.05) is 5.32 Å². The first kappa shape index (κ1) is 20.0. The number of H-pyrrole nitrogens is 1. The molecule has 0 radical (unpaired) electrons. The Kier molecular flexibility index (Phi) is 5.18. The van der Waals surface area contributed by atoms with Gasteiger partial charge in [-0.25, -0.2) is 4.98 Å². The van der Waals surface area contributed by atoms with Gasteiger partial charge in [-0.2, -0.15) is 0 Å². The van der Waals surface area contributed by atoms with Gasteiger partial charge in [-0.3, -0.25) is 19.1 Å². The van der Waals surface area contributed by atoms with Crippen LogP contribution in [-0.4, -0.2) is 25.4 Å². The Hall–Kier alpha value is -3.94. The summed E-state index contributed by atoms with van der Waals surface area (Å²) >= 11 is 0. The van der Waals surface area contributed by atoms with E-state index in [1.54, 1.807) is 23.2 Å². The number of aromatic nitrogens is 4. The number of fused-ring (bicyclic) bond motifs is 2. The van der Waals surface area contributed by atoms with E-state index in [-0.39, 0.29) is 23.2 Å². The first-order valence-corrected chi connectivity index (χ1v) is 10.7. The van der Waals surface area contributed by atoms with E-state index in [9.17, 15) is 9.59 Å². The molecule has 3 N–H and O–H groups in total. The molecule has 1 amide bonds. The van der Waals surface area contributed by atoms with Gasteiger partial charge < -0.3 is 15.6 Å². The van der Waals surface area contributed by atoms with Gasteiger partial charge in [-0.05, 0) is 24.1 Å². The zero-order valence-corrected chi connectivity index (χ0v) is 17.7. The number of aromatic amines is 1. The lowest BCUT2D eigenvalue weighted by molar-refractivity contribution is -0.124. The summed E-state index contributed by atoms with van der Waals surface area (Å²) < 4.78 is 1.59. The van der Waals surface area contributed by atoms with Crippen molar-refractivity contribution in [3.05, 3.63) is 88.4 Å². The molecule has 8 nitrogen and oxygen atoms in total. The van der Waals surface area contributed by atoms with Crippen LogP contribution in [0.5, 0.6) is 0 Å². The average Bonchev–Trinajstić information content (AvgIpc) is 3.39. The molecule has 1 aliphatic rings. The SMILES string of the molecule is C[C@H]1C[C@@H](C(=O)NCc2cc3cnccc3[nH]2)n2c1cnc(NCc1ccccc1)c2=O. The Balaban J connectivity index is 1.33. The van der Waals surface area contributed by atoms with E-state index in [4.69, 9.17) is 0 Å². The lowest BCUT2D eigenvalue weighted by Crippen LogP contribution is -2.36. The summed E-state index contributed by atoms with van der Waals surface area (Å²) in [6.45, 7) is 2.86. The number of rotatable bonds is 6. The number of nitrogens with zero attached hydrogens (tertiary/aromatic N) is 3. The Morgan fingerprint density at radius 2 is 2.03 bits per heavy atom. The fourth-order valence-corrected chi connectivity index (χ4v) is 4.28. The van der Waals surface area contributed by atoms with Crippen molar-refractivity contribution in [2.45, 2.75) is 38.4 Å². The summed E-state index contributed by atoms with van der Waals surface area (Å²) in [5.74, 6) is 0.163. The van der Waals surface area contributed by atoms with Crippen LogP contribution in [0.2, 0.25) is 0 Å². The fraction of sp³-hybridized carbons (Fsp3) is 0.250. The van der Waals surface area contributed by atoms with E-state index in [0.717, 1.165) is 27.9 Å². The molecule has 0 bridgehead atoms. The summed E-state index contributed by atoms with van der Waals surface area (Å²) in [5.41, 5.74) is 3.44. The van der Waals surface area contributed by atoms with E-state index in [1.807, 2.05) is 49.4 Å². The minimum absolute atomic E-state index is 0.0771. The lowest BCUT2D eigenvalue weighted by Gasteiger charge is -2.15. The number of benzene rings is 1. The molecule has 1 aromatic carbocycles. The van der Waals surface area contributed by atoms with E-state index >= 15 is 0 Å². The first-order chi connectivity index (χ1) is 15.6. The van der Waals surface area contributed by atoms with Gasteiger partial charge in [0.25, 0.3) is 5.56 Å². The molecule has 32 heavy (non-hydrogen) atoms. The second-order valence-electron chi connectivity index (χ2n) is 8.17. The average molecular weight is 428 g/mol. The molecule has 0 aliphatic carbocycles. The number of amides is 1. The van der Waals surface area contributed by atoms with Gasteiger partial charge in [0.15, 0.2) is 5.82 Å². The number of anilines is 1. The number of hydrogen-bond acceptors (Lipinski definition) is 5. The molecule has 162 valence electrons. The third-order valence-corrected chi connectivity index (χ3v) is 5.95. The molecular formula is C24H24N6O2. The smallest absolute Gasteiger partial charge is 0.294 e. The van der Waals surface area contributed by atoms with Gasteiger partial charge in [0.2, 0.25) is 5.91 Å². The predicted molar refractivity (Wildman–Crippen MR) is 122 cm³/mol. The van der Waals surface area contributed by atoms with Gasteiger partial charge in [0.05, 0.1) is 6.54 Å². The number of carbonyl (C=O) groups is 1. The van der Waals surface area contributed by atoms with Crippen molar-refractivity contribution < 1.29 is 4.79 Å². The minimum atomic E-state index is -0.557. The molecule has 4 heterocycles. The molecule has 0 saturated heterocycles. The van der Waals surface area contributed by atoms with Crippen LogP contribution in [0.3, 0.4) is 0 Å². The summed E-state index contributed by atoms with van der Waals surface area (Å²) in [7, 11) is 0. The summed E-state index contributed by atoms with van der Waals surface area (Å²) in [4.78, 5) is 38.0. The molecule has 3 aromatic heterocycles. The summed E-state index contributed by atoms with van der Waals surface area (Å²) in [5, 5.41) is 7.09. The zero-order valence-electron chi connectivity index (χ0n) is 17.7. The van der Waals surface area contributed by atoms with Crippen molar-refractivity contribution in [3.63, 3.8) is 0 Å². The molecule has 4 aromatic rings. The highest BCUT2D eigenvalue weighted by Gasteiger charge is 2.35. The quantitative estimate of drug-likeness (QED) is 0.438. The summed E-state index contributed by atoms with van der Waals surface area (Å²) in [6.07, 6.45) is 5.78. The topological polar surface area (TPSA) is 105 Å². The number of hydrogen-bond donors (Lipinski definition) is 3. The van der Waals surface area contributed by atoms with Crippen molar-refractivity contribution in [1.29, 1.82) is 0 Å². The first-order valence-electron chi connectivity index (χ1n) is 10.7. The van der Waals surface area contributed by atoms with Crippen molar-refractivity contribution in [3.8, 4) is 0 Å². The van der Waals surface area contributed by atoms with Crippen molar-refractivity contribution in [1.82, 2.24) is 24.8 Å². The Morgan fingerprint density at radius 3 is 2.84 bits per heavy atom. The third-order valence-electron chi connectivity index (χ3n) is 5.95. The Bertz CT molecular complexity index is 1290. The van der Waals surface area contributed by atoms with Crippen LogP contribution in [-0.2, 0) is 17.9 Å². The molecule has 2 atom stereocenters. The van der Waals surface area contributed by atoms with Crippen LogP contribution >= 0.6 is 0 Å². The van der Waals surface area contributed by atoms with Gasteiger partial charge in [-0.1, -0.05) is 37.3 Å². The highest BCUT2D eigenvalue weighted by molar-refractivity contribution is 5.82. The van der Waals surface area contributed by atoms with Crippen molar-refractivity contribution in [2.24, 2.45) is 0 Å². The maximum Gasteiger partial charge on any atom is 0.294 e. The van der Waals surface area contributed by atoms with Gasteiger partial charge >= 0.3 is 0 Å².